The molecule has 0 unspecified atom stereocenters. The number of ether oxygens (including phenoxy) is 3. The summed E-state index contributed by atoms with van der Waals surface area (Å²) < 4.78 is 16.3. The lowest BCUT2D eigenvalue weighted by atomic mass is 10.1. The van der Waals surface area contributed by atoms with E-state index >= 15 is 0 Å². The van der Waals surface area contributed by atoms with Gasteiger partial charge in [-0.15, -0.1) is 0 Å². The molecule has 1 heterocycles. The maximum Gasteiger partial charge on any atom is 0.280 e. The van der Waals surface area contributed by atoms with E-state index in [1.54, 1.807) is 25.3 Å². The predicted molar refractivity (Wildman–Crippen MR) is 102 cm³/mol. The Hall–Kier alpha value is -3.54. The minimum atomic E-state index is -0.680. The molecule has 3 aromatic rings. The summed E-state index contributed by atoms with van der Waals surface area (Å²) in [6, 6.07) is 19.1. The lowest BCUT2D eigenvalue weighted by Crippen LogP contribution is -2.33. The maximum atomic E-state index is 12.2. The zero-order valence-corrected chi connectivity index (χ0v) is 14.7. The highest BCUT2D eigenvalue weighted by molar-refractivity contribution is 5.86. The second kappa shape index (κ2) is 7.37. The topological polar surface area (TPSA) is 69.2 Å². The Balaban J connectivity index is 1.35. The highest BCUT2D eigenvalue weighted by atomic mass is 16.7. The van der Waals surface area contributed by atoms with Crippen LogP contribution in [0.3, 0.4) is 0 Å². The van der Waals surface area contributed by atoms with Gasteiger partial charge in [0.05, 0.1) is 6.21 Å². The van der Waals surface area contributed by atoms with E-state index in [2.05, 4.69) is 10.5 Å². The number of carbonyl (C=O) groups is 1. The zero-order chi connectivity index (χ0) is 18.6. The number of nitrogens with one attached hydrogen (secondary N) is 1. The molecule has 6 heteroatoms. The average Bonchev–Trinajstić information content (AvgIpc) is 3.15. The molecule has 27 heavy (non-hydrogen) atoms. The molecular weight excluding hydrogens is 344 g/mol. The van der Waals surface area contributed by atoms with Crippen LogP contribution in [0.5, 0.6) is 17.2 Å². The third kappa shape index (κ3) is 3.84. The molecular formula is C21H18N2O4. The Kier molecular flexibility index (Phi) is 4.61. The normalized spacial score (nSPS) is 13.7. The second-order valence-corrected chi connectivity index (χ2v) is 6.12. The molecule has 136 valence electrons. The van der Waals surface area contributed by atoms with Crippen LogP contribution in [0.2, 0.25) is 0 Å². The quantitative estimate of drug-likeness (QED) is 0.557. The minimum absolute atomic E-state index is 0.219. The highest BCUT2D eigenvalue weighted by Crippen LogP contribution is 2.31. The Morgan fingerprint density at radius 3 is 2.78 bits per heavy atom. The Bertz CT molecular complexity index is 1020. The van der Waals surface area contributed by atoms with Crippen molar-refractivity contribution >= 4 is 22.9 Å². The van der Waals surface area contributed by atoms with E-state index in [0.717, 1.165) is 16.3 Å². The monoisotopic (exact) mass is 362 g/mol. The van der Waals surface area contributed by atoms with Gasteiger partial charge in [-0.05, 0) is 53.6 Å². The van der Waals surface area contributed by atoms with Crippen LogP contribution >= 0.6 is 0 Å². The standard InChI is InChI=1S/C21H18N2O4/c1-14(27-18-8-7-16-4-2-3-5-17(16)11-18)21(24)23-22-12-15-6-9-19-20(10-15)26-13-25-19/h2-12,14H,13H2,1H3,(H,23,24)/b22-12-/t14-/m1/s1. The summed E-state index contributed by atoms with van der Waals surface area (Å²) in [5, 5.41) is 6.16. The largest absolute Gasteiger partial charge is 0.481 e. The van der Waals surface area contributed by atoms with E-state index in [1.807, 2.05) is 48.5 Å². The van der Waals surface area contributed by atoms with Crippen molar-refractivity contribution in [1.82, 2.24) is 5.43 Å². The molecule has 1 aliphatic heterocycles. The molecule has 0 spiro atoms. The fourth-order valence-electron chi connectivity index (χ4n) is 2.75. The minimum Gasteiger partial charge on any atom is -0.481 e. The van der Waals surface area contributed by atoms with Gasteiger partial charge in [-0.25, -0.2) is 5.43 Å². The molecule has 0 saturated heterocycles. The Labute approximate surface area is 156 Å². The summed E-state index contributed by atoms with van der Waals surface area (Å²) in [6.07, 6.45) is 0.864. The number of benzene rings is 3. The SMILES string of the molecule is C[C@@H](Oc1ccc2ccccc2c1)C(=O)N/N=C\c1ccc2c(c1)OCO2. The van der Waals surface area contributed by atoms with Crippen LogP contribution in [-0.4, -0.2) is 25.0 Å². The molecule has 1 aliphatic rings. The summed E-state index contributed by atoms with van der Waals surface area (Å²) >= 11 is 0. The van der Waals surface area contributed by atoms with Crippen LogP contribution in [0, 0.1) is 0 Å². The van der Waals surface area contributed by atoms with Crippen molar-refractivity contribution in [2.24, 2.45) is 5.10 Å². The number of hydrogen-bond donors (Lipinski definition) is 1. The highest BCUT2D eigenvalue weighted by Gasteiger charge is 2.15. The van der Waals surface area contributed by atoms with Crippen LogP contribution in [-0.2, 0) is 4.79 Å². The maximum absolute atomic E-state index is 12.2. The molecule has 0 saturated carbocycles. The summed E-state index contributed by atoms with van der Waals surface area (Å²) in [5.74, 6) is 1.67. The van der Waals surface area contributed by atoms with Crippen molar-refractivity contribution in [2.75, 3.05) is 6.79 Å². The van der Waals surface area contributed by atoms with E-state index in [4.69, 9.17) is 14.2 Å². The molecule has 4 rings (SSSR count). The first kappa shape index (κ1) is 16.9. The summed E-state index contributed by atoms with van der Waals surface area (Å²) in [4.78, 5) is 12.2. The van der Waals surface area contributed by atoms with Crippen molar-refractivity contribution in [3.05, 3.63) is 66.2 Å². The molecule has 0 fully saturated rings. The summed E-state index contributed by atoms with van der Waals surface area (Å²) in [5.41, 5.74) is 3.28. The number of hydrazone groups is 1. The third-order valence-corrected chi connectivity index (χ3v) is 4.19. The van der Waals surface area contributed by atoms with Gasteiger partial charge in [-0.2, -0.15) is 5.10 Å². The smallest absolute Gasteiger partial charge is 0.280 e. The average molecular weight is 362 g/mol. The van der Waals surface area contributed by atoms with Gasteiger partial charge in [0.2, 0.25) is 6.79 Å². The summed E-state index contributed by atoms with van der Waals surface area (Å²) in [7, 11) is 0. The molecule has 0 bridgehead atoms. The lowest BCUT2D eigenvalue weighted by molar-refractivity contribution is -0.127. The van der Waals surface area contributed by atoms with Gasteiger partial charge < -0.3 is 14.2 Å². The van der Waals surface area contributed by atoms with E-state index in [9.17, 15) is 4.79 Å². The van der Waals surface area contributed by atoms with Crippen LogP contribution in [0.25, 0.3) is 10.8 Å². The van der Waals surface area contributed by atoms with Gasteiger partial charge in [-0.1, -0.05) is 30.3 Å². The fourth-order valence-corrected chi connectivity index (χ4v) is 2.75. The third-order valence-electron chi connectivity index (χ3n) is 4.19. The van der Waals surface area contributed by atoms with Crippen molar-refractivity contribution in [3.63, 3.8) is 0 Å². The van der Waals surface area contributed by atoms with Crippen LogP contribution in [0.15, 0.2) is 65.8 Å². The van der Waals surface area contributed by atoms with Gasteiger partial charge >= 0.3 is 0 Å². The number of fused-ring (bicyclic) bond motifs is 2. The summed E-state index contributed by atoms with van der Waals surface area (Å²) in [6.45, 7) is 1.90. The van der Waals surface area contributed by atoms with Crippen molar-refractivity contribution < 1.29 is 19.0 Å². The number of hydrogen-bond acceptors (Lipinski definition) is 5. The van der Waals surface area contributed by atoms with Crippen molar-refractivity contribution in [3.8, 4) is 17.2 Å². The van der Waals surface area contributed by atoms with E-state index in [1.165, 1.54) is 0 Å². The molecule has 1 amide bonds. The Morgan fingerprint density at radius 2 is 1.89 bits per heavy atom. The number of carbonyl (C=O) groups excluding carboxylic acids is 1. The zero-order valence-electron chi connectivity index (χ0n) is 14.7. The molecule has 0 aliphatic carbocycles. The second-order valence-electron chi connectivity index (χ2n) is 6.12. The van der Waals surface area contributed by atoms with Gasteiger partial charge in [0.15, 0.2) is 17.6 Å². The van der Waals surface area contributed by atoms with Gasteiger partial charge in [0, 0.05) is 0 Å². The van der Waals surface area contributed by atoms with Crippen molar-refractivity contribution in [1.29, 1.82) is 0 Å². The number of nitrogens with zero attached hydrogens (tertiary/aromatic N) is 1. The lowest BCUT2D eigenvalue weighted by Gasteiger charge is -2.13. The first-order chi connectivity index (χ1) is 13.2. The van der Waals surface area contributed by atoms with Crippen molar-refractivity contribution in [2.45, 2.75) is 13.0 Å². The van der Waals surface area contributed by atoms with E-state index in [-0.39, 0.29) is 12.7 Å². The van der Waals surface area contributed by atoms with Crippen LogP contribution in [0.4, 0.5) is 0 Å². The van der Waals surface area contributed by atoms with E-state index in [0.29, 0.717) is 17.2 Å². The van der Waals surface area contributed by atoms with Gasteiger partial charge in [0.25, 0.3) is 5.91 Å². The fraction of sp³-hybridized carbons (Fsp3) is 0.143. The predicted octanol–water partition coefficient (Wildman–Crippen LogP) is 3.49. The molecule has 0 radical (unpaired) electrons. The first-order valence-corrected chi connectivity index (χ1v) is 8.57. The number of amides is 1. The number of rotatable bonds is 5. The molecule has 3 aromatic carbocycles. The van der Waals surface area contributed by atoms with Crippen LogP contribution < -0.4 is 19.6 Å². The molecule has 1 atom stereocenters. The van der Waals surface area contributed by atoms with Crippen LogP contribution in [0.1, 0.15) is 12.5 Å². The molecule has 1 N–H and O–H groups in total. The Morgan fingerprint density at radius 1 is 1.07 bits per heavy atom. The molecule has 0 aromatic heterocycles. The first-order valence-electron chi connectivity index (χ1n) is 8.57. The molecule has 6 nitrogen and oxygen atoms in total. The van der Waals surface area contributed by atoms with E-state index < -0.39 is 6.10 Å². The van der Waals surface area contributed by atoms with Gasteiger partial charge in [0.1, 0.15) is 5.75 Å². The van der Waals surface area contributed by atoms with Gasteiger partial charge in [-0.3, -0.25) is 4.79 Å².